The van der Waals surface area contributed by atoms with Gasteiger partial charge in [0, 0.05) is 13.6 Å². The SMILES string of the molecule is COC(=O)c1cc(S(=O)(=O)N(C)Cc2ccc(C(C)(C)C)cc2)ccc1Cl. The number of sulfonamides is 1. The van der Waals surface area contributed by atoms with Crippen molar-refractivity contribution in [1.29, 1.82) is 0 Å². The van der Waals surface area contributed by atoms with E-state index in [2.05, 4.69) is 25.5 Å². The van der Waals surface area contributed by atoms with E-state index < -0.39 is 16.0 Å². The van der Waals surface area contributed by atoms with Gasteiger partial charge in [-0.3, -0.25) is 0 Å². The number of ether oxygens (including phenoxy) is 1. The summed E-state index contributed by atoms with van der Waals surface area (Å²) >= 11 is 5.97. The second-order valence-electron chi connectivity index (χ2n) is 7.34. The topological polar surface area (TPSA) is 63.7 Å². The molecule has 0 aliphatic rings. The highest BCUT2D eigenvalue weighted by atomic mass is 35.5. The van der Waals surface area contributed by atoms with Crippen LogP contribution < -0.4 is 0 Å². The molecule has 0 saturated heterocycles. The first-order chi connectivity index (χ1) is 12.5. The summed E-state index contributed by atoms with van der Waals surface area (Å²) in [5.41, 5.74) is 2.10. The van der Waals surface area contributed by atoms with E-state index in [1.807, 2.05) is 24.3 Å². The number of methoxy groups -OCH3 is 1. The van der Waals surface area contributed by atoms with Crippen molar-refractivity contribution in [1.82, 2.24) is 4.31 Å². The average Bonchev–Trinajstić information content (AvgIpc) is 2.60. The standard InChI is InChI=1S/C20H24ClNO4S/c1-20(2,3)15-8-6-14(7-9-15)13-22(4)27(24,25)16-10-11-18(21)17(12-16)19(23)26-5/h6-12H,13H2,1-5H3. The Balaban J connectivity index is 2.27. The Morgan fingerprint density at radius 3 is 2.22 bits per heavy atom. The Labute approximate surface area is 166 Å². The summed E-state index contributed by atoms with van der Waals surface area (Å²) in [4.78, 5) is 11.8. The zero-order valence-corrected chi connectivity index (χ0v) is 17.7. The predicted molar refractivity (Wildman–Crippen MR) is 107 cm³/mol. The van der Waals surface area contributed by atoms with E-state index in [9.17, 15) is 13.2 Å². The molecule has 7 heteroatoms. The number of nitrogens with zero attached hydrogens (tertiary/aromatic N) is 1. The van der Waals surface area contributed by atoms with Crippen molar-refractivity contribution in [3.63, 3.8) is 0 Å². The number of carbonyl (C=O) groups is 1. The van der Waals surface area contributed by atoms with Crippen LogP contribution in [-0.4, -0.2) is 32.8 Å². The quantitative estimate of drug-likeness (QED) is 0.692. The third kappa shape index (κ3) is 4.89. The first kappa shape index (κ1) is 21.4. The van der Waals surface area contributed by atoms with Crippen LogP contribution in [0.3, 0.4) is 0 Å². The van der Waals surface area contributed by atoms with Gasteiger partial charge in [0.2, 0.25) is 10.0 Å². The highest BCUT2D eigenvalue weighted by molar-refractivity contribution is 7.89. The molecular weight excluding hydrogens is 386 g/mol. The summed E-state index contributed by atoms with van der Waals surface area (Å²) in [7, 11) is -1.07. The second-order valence-corrected chi connectivity index (χ2v) is 9.79. The Morgan fingerprint density at radius 1 is 1.11 bits per heavy atom. The fourth-order valence-electron chi connectivity index (χ4n) is 2.56. The van der Waals surface area contributed by atoms with Crippen molar-refractivity contribution in [2.45, 2.75) is 37.6 Å². The third-order valence-corrected chi connectivity index (χ3v) is 6.41. The van der Waals surface area contributed by atoms with Crippen molar-refractivity contribution in [2.75, 3.05) is 14.2 Å². The minimum Gasteiger partial charge on any atom is -0.465 e. The molecule has 0 radical (unpaired) electrons. The summed E-state index contributed by atoms with van der Waals surface area (Å²) in [6, 6.07) is 11.9. The van der Waals surface area contributed by atoms with E-state index in [-0.39, 0.29) is 27.4 Å². The van der Waals surface area contributed by atoms with Crippen LogP contribution in [0.25, 0.3) is 0 Å². The molecule has 0 spiro atoms. The highest BCUT2D eigenvalue weighted by Gasteiger charge is 2.24. The summed E-state index contributed by atoms with van der Waals surface area (Å²) in [6.07, 6.45) is 0. The van der Waals surface area contributed by atoms with E-state index >= 15 is 0 Å². The van der Waals surface area contributed by atoms with Gasteiger partial charge in [0.25, 0.3) is 0 Å². The molecule has 0 aliphatic heterocycles. The molecule has 2 aromatic carbocycles. The van der Waals surface area contributed by atoms with Gasteiger partial charge in [-0.1, -0.05) is 56.6 Å². The number of benzene rings is 2. The molecule has 0 aliphatic carbocycles. The van der Waals surface area contributed by atoms with E-state index in [0.29, 0.717) is 0 Å². The fraction of sp³-hybridized carbons (Fsp3) is 0.350. The van der Waals surface area contributed by atoms with Gasteiger partial charge in [0.1, 0.15) is 0 Å². The third-order valence-electron chi connectivity index (χ3n) is 4.28. The molecule has 2 aromatic rings. The van der Waals surface area contributed by atoms with Crippen LogP contribution in [0.15, 0.2) is 47.4 Å². The number of hydrogen-bond acceptors (Lipinski definition) is 4. The Morgan fingerprint density at radius 2 is 1.70 bits per heavy atom. The minimum atomic E-state index is -3.79. The van der Waals surface area contributed by atoms with Crippen molar-refractivity contribution in [3.8, 4) is 0 Å². The second kappa shape index (κ2) is 8.00. The lowest BCUT2D eigenvalue weighted by atomic mass is 9.87. The van der Waals surface area contributed by atoms with Gasteiger partial charge < -0.3 is 4.74 Å². The van der Waals surface area contributed by atoms with Gasteiger partial charge in [-0.05, 0) is 34.7 Å². The van der Waals surface area contributed by atoms with Gasteiger partial charge in [-0.15, -0.1) is 0 Å². The van der Waals surface area contributed by atoms with Gasteiger partial charge >= 0.3 is 5.97 Å². The number of halogens is 1. The number of hydrogen-bond donors (Lipinski definition) is 0. The maximum atomic E-state index is 12.9. The van der Waals surface area contributed by atoms with Crippen LogP contribution in [0.1, 0.15) is 42.3 Å². The largest absolute Gasteiger partial charge is 0.465 e. The Bertz CT molecular complexity index is 931. The van der Waals surface area contributed by atoms with Crippen LogP contribution >= 0.6 is 11.6 Å². The first-order valence-corrected chi connectivity index (χ1v) is 10.2. The first-order valence-electron chi connectivity index (χ1n) is 8.40. The van der Waals surface area contributed by atoms with Crippen molar-refractivity contribution in [3.05, 3.63) is 64.2 Å². The fourth-order valence-corrected chi connectivity index (χ4v) is 3.94. The molecule has 5 nitrogen and oxygen atoms in total. The van der Waals surface area contributed by atoms with Crippen molar-refractivity contribution < 1.29 is 17.9 Å². The zero-order chi connectivity index (χ0) is 20.4. The van der Waals surface area contributed by atoms with Gasteiger partial charge in [-0.2, -0.15) is 4.31 Å². The molecule has 0 fully saturated rings. The average molecular weight is 410 g/mol. The smallest absolute Gasteiger partial charge is 0.339 e. The molecule has 146 valence electrons. The molecule has 0 aromatic heterocycles. The van der Waals surface area contributed by atoms with Crippen LogP contribution in [0, 0.1) is 0 Å². The normalized spacial score (nSPS) is 12.3. The van der Waals surface area contributed by atoms with Crippen molar-refractivity contribution >= 4 is 27.6 Å². The molecule has 0 atom stereocenters. The lowest BCUT2D eigenvalue weighted by Crippen LogP contribution is -2.26. The molecular formula is C20H24ClNO4S. The molecule has 0 heterocycles. The Kier molecular flexibility index (Phi) is 6.35. The van der Waals surface area contributed by atoms with Crippen LogP contribution in [0.2, 0.25) is 5.02 Å². The summed E-state index contributed by atoms with van der Waals surface area (Å²) < 4.78 is 31.6. The van der Waals surface area contributed by atoms with Gasteiger partial charge in [-0.25, -0.2) is 13.2 Å². The van der Waals surface area contributed by atoms with E-state index in [1.54, 1.807) is 0 Å². The van der Waals surface area contributed by atoms with E-state index in [0.717, 1.165) is 5.56 Å². The monoisotopic (exact) mass is 409 g/mol. The maximum absolute atomic E-state index is 12.9. The van der Waals surface area contributed by atoms with Crippen LogP contribution in [0.4, 0.5) is 0 Å². The molecule has 0 bridgehead atoms. The Hall–Kier alpha value is -1.89. The molecule has 0 N–H and O–H groups in total. The predicted octanol–water partition coefficient (Wildman–Crippen LogP) is 4.24. The lowest BCUT2D eigenvalue weighted by molar-refractivity contribution is 0.0600. The number of rotatable bonds is 5. The van der Waals surface area contributed by atoms with E-state index in [4.69, 9.17) is 11.6 Å². The van der Waals surface area contributed by atoms with Crippen molar-refractivity contribution in [2.24, 2.45) is 0 Å². The molecule has 0 unspecified atom stereocenters. The minimum absolute atomic E-state index is 0.0129. The molecule has 0 saturated carbocycles. The van der Waals surface area contributed by atoms with Crippen LogP contribution in [0.5, 0.6) is 0 Å². The zero-order valence-electron chi connectivity index (χ0n) is 16.1. The molecule has 2 rings (SSSR count). The van der Waals surface area contributed by atoms with Gasteiger partial charge in [0.15, 0.2) is 0 Å². The maximum Gasteiger partial charge on any atom is 0.339 e. The van der Waals surface area contributed by atoms with Crippen LogP contribution in [-0.2, 0) is 26.7 Å². The highest BCUT2D eigenvalue weighted by Crippen LogP contribution is 2.25. The molecule has 27 heavy (non-hydrogen) atoms. The lowest BCUT2D eigenvalue weighted by Gasteiger charge is -2.21. The summed E-state index contributed by atoms with van der Waals surface area (Å²) in [5, 5.41) is 0.140. The molecule has 0 amide bonds. The summed E-state index contributed by atoms with van der Waals surface area (Å²) in [6.45, 7) is 6.58. The summed E-state index contributed by atoms with van der Waals surface area (Å²) in [5.74, 6) is -0.683. The number of esters is 1. The van der Waals surface area contributed by atoms with E-state index in [1.165, 1.54) is 42.2 Å². The number of carbonyl (C=O) groups excluding carboxylic acids is 1. The van der Waals surface area contributed by atoms with Gasteiger partial charge in [0.05, 0.1) is 22.6 Å².